The van der Waals surface area contributed by atoms with E-state index >= 15 is 0 Å². The van der Waals surface area contributed by atoms with Crippen molar-refractivity contribution < 1.29 is 23.2 Å². The second kappa shape index (κ2) is 5.99. The Balaban J connectivity index is 2.23. The van der Waals surface area contributed by atoms with E-state index in [2.05, 4.69) is 5.32 Å². The highest BCUT2D eigenvalue weighted by atomic mass is 19.1. The van der Waals surface area contributed by atoms with Gasteiger partial charge in [-0.05, 0) is 12.5 Å². The summed E-state index contributed by atoms with van der Waals surface area (Å²) in [4.78, 5) is 36.3. The molecule has 1 heterocycles. The van der Waals surface area contributed by atoms with Gasteiger partial charge in [0.15, 0.2) is 0 Å². The van der Waals surface area contributed by atoms with Gasteiger partial charge in [0.25, 0.3) is 0 Å². The second-order valence-electron chi connectivity index (χ2n) is 4.80. The number of carbonyl (C=O) groups is 3. The van der Waals surface area contributed by atoms with E-state index in [4.69, 9.17) is 0 Å². The maximum Gasteiger partial charge on any atom is 0.331 e. The van der Waals surface area contributed by atoms with Gasteiger partial charge in [0.05, 0.1) is 6.54 Å². The lowest BCUT2D eigenvalue weighted by atomic mass is 9.99. The SMILES string of the molecule is CCCC1C(=O)NC(=O)N(Cc2ccc(F)cc2F)C1=O. The molecule has 0 radical (unpaired) electrons. The summed E-state index contributed by atoms with van der Waals surface area (Å²) in [6.07, 6.45) is 0.900. The highest BCUT2D eigenvalue weighted by Gasteiger charge is 2.39. The van der Waals surface area contributed by atoms with Crippen molar-refractivity contribution in [2.24, 2.45) is 5.92 Å². The molecule has 1 unspecified atom stereocenters. The minimum Gasteiger partial charge on any atom is -0.277 e. The van der Waals surface area contributed by atoms with Crippen LogP contribution in [-0.4, -0.2) is 22.7 Å². The molecule has 0 bridgehead atoms. The highest BCUT2D eigenvalue weighted by molar-refractivity contribution is 6.16. The van der Waals surface area contributed by atoms with Crippen LogP contribution in [0, 0.1) is 17.6 Å². The lowest BCUT2D eigenvalue weighted by Crippen LogP contribution is -2.57. The first-order chi connectivity index (χ1) is 9.93. The first-order valence-corrected chi connectivity index (χ1v) is 6.54. The third-order valence-corrected chi connectivity index (χ3v) is 3.28. The first kappa shape index (κ1) is 15.1. The lowest BCUT2D eigenvalue weighted by molar-refractivity contribution is -0.143. The van der Waals surface area contributed by atoms with Crippen LogP contribution in [0.4, 0.5) is 13.6 Å². The van der Waals surface area contributed by atoms with Gasteiger partial charge in [-0.15, -0.1) is 0 Å². The third kappa shape index (κ3) is 3.07. The molecule has 1 fully saturated rings. The van der Waals surface area contributed by atoms with Crippen LogP contribution < -0.4 is 5.32 Å². The van der Waals surface area contributed by atoms with E-state index in [9.17, 15) is 23.2 Å². The third-order valence-electron chi connectivity index (χ3n) is 3.28. The van der Waals surface area contributed by atoms with Crippen LogP contribution in [-0.2, 0) is 16.1 Å². The summed E-state index contributed by atoms with van der Waals surface area (Å²) >= 11 is 0. The van der Waals surface area contributed by atoms with Gasteiger partial charge in [0, 0.05) is 11.6 Å². The molecule has 1 saturated heterocycles. The van der Waals surface area contributed by atoms with E-state index in [-0.39, 0.29) is 12.1 Å². The van der Waals surface area contributed by atoms with Gasteiger partial charge >= 0.3 is 6.03 Å². The summed E-state index contributed by atoms with van der Waals surface area (Å²) in [6, 6.07) is 1.99. The Morgan fingerprint density at radius 3 is 2.57 bits per heavy atom. The number of urea groups is 1. The zero-order chi connectivity index (χ0) is 15.6. The molecule has 0 spiro atoms. The van der Waals surface area contributed by atoms with Gasteiger partial charge < -0.3 is 0 Å². The normalized spacial score (nSPS) is 18.9. The first-order valence-electron chi connectivity index (χ1n) is 6.54. The Hall–Kier alpha value is -2.31. The van der Waals surface area contributed by atoms with Crippen LogP contribution in [0.15, 0.2) is 18.2 Å². The van der Waals surface area contributed by atoms with E-state index in [1.165, 1.54) is 0 Å². The van der Waals surface area contributed by atoms with Crippen LogP contribution in [0.5, 0.6) is 0 Å². The lowest BCUT2D eigenvalue weighted by Gasteiger charge is -2.30. The Morgan fingerprint density at radius 2 is 1.95 bits per heavy atom. The van der Waals surface area contributed by atoms with Gasteiger partial charge in [-0.3, -0.25) is 19.8 Å². The van der Waals surface area contributed by atoms with E-state index in [1.807, 2.05) is 0 Å². The number of barbiturate groups is 1. The maximum atomic E-state index is 13.6. The van der Waals surface area contributed by atoms with E-state index in [1.54, 1.807) is 6.92 Å². The number of hydrogen-bond donors (Lipinski definition) is 1. The Bertz CT molecular complexity index is 604. The topological polar surface area (TPSA) is 66.5 Å². The van der Waals surface area contributed by atoms with Crippen molar-refractivity contribution in [2.45, 2.75) is 26.3 Å². The Kier molecular flexibility index (Phi) is 4.30. The van der Waals surface area contributed by atoms with E-state index in [0.717, 1.165) is 17.0 Å². The number of nitrogens with zero attached hydrogens (tertiary/aromatic N) is 1. The Labute approximate surface area is 119 Å². The van der Waals surface area contributed by atoms with Crippen molar-refractivity contribution in [3.63, 3.8) is 0 Å². The number of imide groups is 2. The molecule has 5 nitrogen and oxygen atoms in total. The van der Waals surface area contributed by atoms with Crippen molar-refractivity contribution >= 4 is 17.8 Å². The smallest absolute Gasteiger partial charge is 0.277 e. The quantitative estimate of drug-likeness (QED) is 0.864. The van der Waals surface area contributed by atoms with Gasteiger partial charge in [0.1, 0.15) is 17.6 Å². The zero-order valence-electron chi connectivity index (χ0n) is 11.4. The summed E-state index contributed by atoms with van der Waals surface area (Å²) in [5.74, 6) is -3.84. The largest absolute Gasteiger partial charge is 0.331 e. The number of rotatable bonds is 4. The summed E-state index contributed by atoms with van der Waals surface area (Å²) in [7, 11) is 0. The van der Waals surface area contributed by atoms with Crippen LogP contribution >= 0.6 is 0 Å². The number of hydrogen-bond acceptors (Lipinski definition) is 3. The molecule has 112 valence electrons. The average Bonchev–Trinajstić information content (AvgIpc) is 2.41. The predicted octanol–water partition coefficient (Wildman–Crippen LogP) is 1.96. The zero-order valence-corrected chi connectivity index (χ0v) is 11.4. The molecule has 1 aromatic carbocycles. The summed E-state index contributed by atoms with van der Waals surface area (Å²) < 4.78 is 26.5. The minimum absolute atomic E-state index is 0.00416. The molecule has 1 aliphatic heterocycles. The van der Waals surface area contributed by atoms with Crippen LogP contribution in [0.25, 0.3) is 0 Å². The van der Waals surface area contributed by atoms with Gasteiger partial charge in [0.2, 0.25) is 11.8 Å². The van der Waals surface area contributed by atoms with Crippen molar-refractivity contribution in [1.29, 1.82) is 0 Å². The molecule has 1 atom stereocenters. The highest BCUT2D eigenvalue weighted by Crippen LogP contribution is 2.19. The van der Waals surface area contributed by atoms with Crippen LogP contribution in [0.2, 0.25) is 0 Å². The fourth-order valence-corrected chi connectivity index (χ4v) is 2.17. The fraction of sp³-hybridized carbons (Fsp3) is 0.357. The molecule has 1 aliphatic rings. The van der Waals surface area contributed by atoms with E-state index < -0.39 is 35.4 Å². The summed E-state index contributed by atoms with van der Waals surface area (Å²) in [5, 5.41) is 2.08. The summed E-state index contributed by atoms with van der Waals surface area (Å²) in [6.45, 7) is 1.46. The number of nitrogens with one attached hydrogen (secondary N) is 1. The van der Waals surface area contributed by atoms with Crippen molar-refractivity contribution in [1.82, 2.24) is 10.2 Å². The molecule has 21 heavy (non-hydrogen) atoms. The molecule has 2 rings (SSSR count). The van der Waals surface area contributed by atoms with E-state index in [0.29, 0.717) is 18.9 Å². The fourth-order valence-electron chi connectivity index (χ4n) is 2.17. The maximum absolute atomic E-state index is 13.6. The minimum atomic E-state index is -0.948. The van der Waals surface area contributed by atoms with Gasteiger partial charge in [-0.25, -0.2) is 13.6 Å². The number of halogens is 2. The molecule has 0 aliphatic carbocycles. The number of amides is 4. The Morgan fingerprint density at radius 1 is 1.24 bits per heavy atom. The van der Waals surface area contributed by atoms with Crippen molar-refractivity contribution in [3.05, 3.63) is 35.4 Å². The molecule has 4 amide bonds. The molecular formula is C14H14F2N2O3. The predicted molar refractivity (Wildman–Crippen MR) is 68.8 cm³/mol. The molecular weight excluding hydrogens is 282 g/mol. The van der Waals surface area contributed by atoms with Crippen LogP contribution in [0.1, 0.15) is 25.3 Å². The standard InChI is InChI=1S/C14H14F2N2O3/c1-2-3-10-12(19)17-14(21)18(13(10)20)7-8-4-5-9(15)6-11(8)16/h4-6,10H,2-3,7H2,1H3,(H,17,19,21). The molecule has 1 aromatic rings. The monoisotopic (exact) mass is 296 g/mol. The molecule has 0 aromatic heterocycles. The average molecular weight is 296 g/mol. The number of carbonyl (C=O) groups excluding carboxylic acids is 3. The second-order valence-corrected chi connectivity index (χ2v) is 4.80. The van der Waals surface area contributed by atoms with Crippen LogP contribution in [0.3, 0.4) is 0 Å². The molecule has 7 heteroatoms. The van der Waals surface area contributed by atoms with Crippen molar-refractivity contribution in [2.75, 3.05) is 0 Å². The summed E-state index contributed by atoms with van der Waals surface area (Å²) in [5.41, 5.74) is 0.00416. The van der Waals surface area contributed by atoms with Gasteiger partial charge in [-0.1, -0.05) is 19.4 Å². The van der Waals surface area contributed by atoms with Crippen molar-refractivity contribution in [3.8, 4) is 0 Å². The molecule has 0 saturated carbocycles. The van der Waals surface area contributed by atoms with Gasteiger partial charge in [-0.2, -0.15) is 0 Å². The number of benzene rings is 1. The molecule has 1 N–H and O–H groups in total.